The molecular weight excluding hydrogens is 476 g/mol. The average Bonchev–Trinajstić information content (AvgIpc) is 2.80. The summed E-state index contributed by atoms with van der Waals surface area (Å²) < 4.78 is 28.2. The Labute approximate surface area is 207 Å². The first kappa shape index (κ1) is 27.6. The monoisotopic (exact) mass is 508 g/mol. The minimum atomic E-state index is -3.97. The Bertz CT molecular complexity index is 1080. The third-order valence-electron chi connectivity index (χ3n) is 5.47. The molecule has 0 heterocycles. The van der Waals surface area contributed by atoms with Crippen molar-refractivity contribution in [2.45, 2.75) is 45.8 Å². The number of anilines is 1. The van der Waals surface area contributed by atoms with Gasteiger partial charge in [-0.1, -0.05) is 48.9 Å². The molecule has 0 aliphatic heterocycles. The lowest BCUT2D eigenvalue weighted by molar-refractivity contribution is -0.139. The maximum absolute atomic E-state index is 13.6. The van der Waals surface area contributed by atoms with Gasteiger partial charge in [0.25, 0.3) is 0 Å². The molecule has 0 saturated carbocycles. The molecule has 0 aliphatic rings. The Balaban J connectivity index is 2.42. The van der Waals surface area contributed by atoms with Crippen LogP contribution in [-0.2, 0) is 26.3 Å². The van der Waals surface area contributed by atoms with Gasteiger partial charge in [-0.05, 0) is 50.1 Å². The van der Waals surface area contributed by atoms with Crippen LogP contribution in [0.3, 0.4) is 0 Å². The van der Waals surface area contributed by atoms with E-state index in [-0.39, 0.29) is 18.5 Å². The van der Waals surface area contributed by atoms with E-state index in [4.69, 9.17) is 11.6 Å². The van der Waals surface area contributed by atoms with E-state index in [1.54, 1.807) is 61.5 Å². The van der Waals surface area contributed by atoms with E-state index in [9.17, 15) is 18.0 Å². The second-order valence-electron chi connectivity index (χ2n) is 8.28. The average molecular weight is 509 g/mol. The third-order valence-corrected chi connectivity index (χ3v) is 7.53. The van der Waals surface area contributed by atoms with Gasteiger partial charge in [0.15, 0.2) is 0 Å². The van der Waals surface area contributed by atoms with Crippen LogP contribution in [-0.4, -0.2) is 62.2 Å². The van der Waals surface area contributed by atoms with Crippen molar-refractivity contribution < 1.29 is 18.0 Å². The summed E-state index contributed by atoms with van der Waals surface area (Å²) in [6.45, 7) is 5.10. The largest absolute Gasteiger partial charge is 0.352 e. The molecule has 1 N–H and O–H groups in total. The van der Waals surface area contributed by atoms with Gasteiger partial charge in [-0.3, -0.25) is 9.59 Å². The number of rotatable bonds is 11. The smallest absolute Gasteiger partial charge is 0.304 e. The molecule has 8 nitrogen and oxygen atoms in total. The number of amides is 2. The fourth-order valence-corrected chi connectivity index (χ4v) is 4.46. The number of hydrogen-bond donors (Lipinski definition) is 1. The maximum Gasteiger partial charge on any atom is 0.304 e. The molecule has 2 aromatic carbocycles. The lowest BCUT2D eigenvalue weighted by Gasteiger charge is -2.33. The molecule has 0 bridgehead atoms. The molecule has 0 radical (unpaired) electrons. The molecule has 34 heavy (non-hydrogen) atoms. The normalized spacial score (nSPS) is 13.3. The Morgan fingerprint density at radius 1 is 1.03 bits per heavy atom. The molecular formula is C24H33ClN4O4S. The minimum Gasteiger partial charge on any atom is -0.352 e. The molecule has 0 saturated heterocycles. The molecule has 0 aromatic heterocycles. The van der Waals surface area contributed by atoms with Crippen LogP contribution in [0.1, 0.15) is 32.8 Å². The minimum absolute atomic E-state index is 0.0620. The fourth-order valence-electron chi connectivity index (χ4n) is 3.19. The van der Waals surface area contributed by atoms with E-state index >= 15 is 0 Å². The van der Waals surface area contributed by atoms with Gasteiger partial charge in [-0.15, -0.1) is 0 Å². The zero-order valence-corrected chi connectivity index (χ0v) is 21.8. The molecule has 0 fully saturated rings. The predicted molar refractivity (Wildman–Crippen MR) is 136 cm³/mol. The lowest BCUT2D eigenvalue weighted by atomic mass is 10.1. The quantitative estimate of drug-likeness (QED) is 0.504. The van der Waals surface area contributed by atoms with Crippen LogP contribution in [0.5, 0.6) is 0 Å². The highest BCUT2D eigenvalue weighted by Crippen LogP contribution is 2.21. The first-order chi connectivity index (χ1) is 16.0. The van der Waals surface area contributed by atoms with Crippen molar-refractivity contribution in [1.29, 1.82) is 0 Å². The Kier molecular flexibility index (Phi) is 9.90. The van der Waals surface area contributed by atoms with E-state index in [0.717, 1.165) is 20.6 Å². The molecule has 186 valence electrons. The summed E-state index contributed by atoms with van der Waals surface area (Å²) in [6, 6.07) is 14.5. The highest BCUT2D eigenvalue weighted by molar-refractivity contribution is 7.90. The lowest BCUT2D eigenvalue weighted by Crippen LogP contribution is -2.53. The molecule has 2 atom stereocenters. The molecule has 2 aromatic rings. The zero-order valence-electron chi connectivity index (χ0n) is 20.2. The van der Waals surface area contributed by atoms with Crippen molar-refractivity contribution in [1.82, 2.24) is 14.5 Å². The van der Waals surface area contributed by atoms with Crippen LogP contribution < -0.4 is 9.62 Å². The maximum atomic E-state index is 13.6. The van der Waals surface area contributed by atoms with Gasteiger partial charge in [0.05, 0.1) is 5.69 Å². The van der Waals surface area contributed by atoms with Crippen LogP contribution in [0, 0.1) is 0 Å². The summed E-state index contributed by atoms with van der Waals surface area (Å²) in [5.41, 5.74) is 1.08. The molecule has 0 unspecified atom stereocenters. The third kappa shape index (κ3) is 7.19. The first-order valence-electron chi connectivity index (χ1n) is 11.1. The van der Waals surface area contributed by atoms with Crippen LogP contribution in [0.15, 0.2) is 54.6 Å². The van der Waals surface area contributed by atoms with E-state index in [2.05, 4.69) is 5.32 Å². The van der Waals surface area contributed by atoms with E-state index < -0.39 is 28.7 Å². The van der Waals surface area contributed by atoms with Gasteiger partial charge in [-0.2, -0.15) is 12.7 Å². The van der Waals surface area contributed by atoms with Crippen molar-refractivity contribution in [3.05, 3.63) is 65.2 Å². The van der Waals surface area contributed by atoms with E-state index in [1.165, 1.54) is 19.0 Å². The second kappa shape index (κ2) is 12.2. The number of para-hydroxylation sites is 1. The van der Waals surface area contributed by atoms with Crippen LogP contribution in [0.2, 0.25) is 5.02 Å². The summed E-state index contributed by atoms with van der Waals surface area (Å²) in [7, 11) is -1.16. The Morgan fingerprint density at radius 3 is 2.24 bits per heavy atom. The number of carbonyl (C=O) groups excluding carboxylic acids is 2. The number of benzene rings is 2. The van der Waals surface area contributed by atoms with E-state index in [0.29, 0.717) is 10.7 Å². The number of nitrogens with one attached hydrogen (secondary N) is 1. The SMILES string of the molecule is CC[C@H](C)NC(=O)[C@H](C)N(Cc1cccc(Cl)c1)C(=O)CN(c1ccccc1)S(=O)(=O)N(C)C. The highest BCUT2D eigenvalue weighted by atomic mass is 35.5. The summed E-state index contributed by atoms with van der Waals surface area (Å²) in [6.07, 6.45) is 0.740. The van der Waals surface area contributed by atoms with Crippen LogP contribution >= 0.6 is 11.6 Å². The topological polar surface area (TPSA) is 90.0 Å². The summed E-state index contributed by atoms with van der Waals surface area (Å²) in [4.78, 5) is 27.9. The number of halogens is 1. The standard InChI is InChI=1S/C24H33ClN4O4S/c1-6-18(2)26-24(31)19(3)28(16-20-11-10-12-21(25)15-20)23(30)17-29(34(32,33)27(4)5)22-13-8-7-9-14-22/h7-15,18-19H,6,16-17H2,1-5H3,(H,26,31)/t18-,19-/m0/s1. The summed E-state index contributed by atoms with van der Waals surface area (Å²) in [5, 5.41) is 3.40. The second-order valence-corrected chi connectivity index (χ2v) is 10.8. The van der Waals surface area contributed by atoms with Gasteiger partial charge in [0.2, 0.25) is 11.8 Å². The number of nitrogens with zero attached hydrogens (tertiary/aromatic N) is 3. The van der Waals surface area contributed by atoms with Crippen molar-refractivity contribution in [3.8, 4) is 0 Å². The number of hydrogen-bond acceptors (Lipinski definition) is 4. The Morgan fingerprint density at radius 2 is 1.68 bits per heavy atom. The first-order valence-corrected chi connectivity index (χ1v) is 12.8. The summed E-state index contributed by atoms with van der Waals surface area (Å²) >= 11 is 6.12. The molecule has 0 aliphatic carbocycles. The van der Waals surface area contributed by atoms with Gasteiger partial charge >= 0.3 is 10.2 Å². The van der Waals surface area contributed by atoms with Gasteiger partial charge in [-0.25, -0.2) is 4.31 Å². The number of carbonyl (C=O) groups is 2. The highest BCUT2D eigenvalue weighted by Gasteiger charge is 2.32. The van der Waals surface area contributed by atoms with Crippen LogP contribution in [0.25, 0.3) is 0 Å². The zero-order chi connectivity index (χ0) is 25.5. The van der Waals surface area contributed by atoms with Crippen LogP contribution in [0.4, 0.5) is 5.69 Å². The van der Waals surface area contributed by atoms with Crippen molar-refractivity contribution in [2.75, 3.05) is 24.9 Å². The predicted octanol–water partition coefficient (Wildman–Crippen LogP) is 3.28. The molecule has 2 amide bonds. The van der Waals surface area contributed by atoms with Gasteiger partial charge < -0.3 is 10.2 Å². The van der Waals surface area contributed by atoms with Crippen molar-refractivity contribution in [3.63, 3.8) is 0 Å². The van der Waals surface area contributed by atoms with Gasteiger partial charge in [0.1, 0.15) is 12.6 Å². The van der Waals surface area contributed by atoms with Gasteiger partial charge in [0, 0.05) is 31.7 Å². The molecule has 10 heteroatoms. The van der Waals surface area contributed by atoms with E-state index in [1.807, 2.05) is 13.8 Å². The molecule has 0 spiro atoms. The Hall–Kier alpha value is -2.62. The fraction of sp³-hybridized carbons (Fsp3) is 0.417. The summed E-state index contributed by atoms with van der Waals surface area (Å²) in [5.74, 6) is -0.826. The van der Waals surface area contributed by atoms with Crippen molar-refractivity contribution >= 4 is 39.3 Å². The molecule has 2 rings (SSSR count). The van der Waals surface area contributed by atoms with Crippen molar-refractivity contribution in [2.24, 2.45) is 0 Å².